The summed E-state index contributed by atoms with van der Waals surface area (Å²) in [5.41, 5.74) is 4.46. The molecule has 0 unspecified atom stereocenters. The van der Waals surface area contributed by atoms with Crippen molar-refractivity contribution < 1.29 is 4.42 Å². The van der Waals surface area contributed by atoms with Crippen molar-refractivity contribution in [2.24, 2.45) is 0 Å². The lowest BCUT2D eigenvalue weighted by molar-refractivity contribution is 0.560. The molecule has 1 atom stereocenters. The van der Waals surface area contributed by atoms with Gasteiger partial charge in [-0.3, -0.25) is 0 Å². The Bertz CT molecular complexity index is 1060. The highest BCUT2D eigenvalue weighted by Crippen LogP contribution is 2.24. The number of hydrogen-bond donors (Lipinski definition) is 2. The quantitative estimate of drug-likeness (QED) is 0.457. The third-order valence-electron chi connectivity index (χ3n) is 4.83. The van der Waals surface area contributed by atoms with Crippen molar-refractivity contribution in [2.45, 2.75) is 46.1 Å². The van der Waals surface area contributed by atoms with Gasteiger partial charge >= 0.3 is 5.63 Å². The van der Waals surface area contributed by atoms with Crippen LogP contribution in [0.1, 0.15) is 50.4 Å². The van der Waals surface area contributed by atoms with E-state index >= 15 is 0 Å². The van der Waals surface area contributed by atoms with E-state index in [4.69, 9.17) is 16.6 Å². The lowest BCUT2D eigenvalue weighted by Gasteiger charge is -2.21. The molecule has 146 valence electrons. The van der Waals surface area contributed by atoms with Gasteiger partial charge < -0.3 is 15.1 Å². The van der Waals surface area contributed by atoms with E-state index in [9.17, 15) is 4.79 Å². The summed E-state index contributed by atoms with van der Waals surface area (Å²) in [4.78, 5) is 11.6. The normalized spacial score (nSPS) is 12.6. The molecule has 3 aromatic rings. The topological polar surface area (TPSA) is 54.3 Å². The molecule has 0 bridgehead atoms. The molecule has 3 rings (SSSR count). The van der Waals surface area contributed by atoms with E-state index in [1.54, 1.807) is 6.07 Å². The van der Waals surface area contributed by atoms with Gasteiger partial charge in [0.2, 0.25) is 0 Å². The monoisotopic (exact) mass is 394 g/mol. The van der Waals surface area contributed by atoms with Crippen molar-refractivity contribution in [1.82, 2.24) is 5.32 Å². The Hall–Kier alpha value is -2.66. The Morgan fingerprint density at radius 1 is 1.07 bits per heavy atom. The maximum absolute atomic E-state index is 11.6. The van der Waals surface area contributed by atoms with Crippen LogP contribution in [-0.4, -0.2) is 5.11 Å². The van der Waals surface area contributed by atoms with Crippen LogP contribution in [0.15, 0.2) is 57.7 Å². The van der Waals surface area contributed by atoms with Crippen LogP contribution in [0.4, 0.5) is 5.69 Å². The van der Waals surface area contributed by atoms with Crippen LogP contribution >= 0.6 is 12.2 Å². The summed E-state index contributed by atoms with van der Waals surface area (Å²) >= 11 is 5.46. The number of nitrogens with one attached hydrogen (secondary N) is 2. The predicted octanol–water partition coefficient (Wildman–Crippen LogP) is 5.45. The van der Waals surface area contributed by atoms with Crippen molar-refractivity contribution in [2.75, 3.05) is 5.32 Å². The fraction of sp³-hybridized carbons (Fsp3) is 0.304. The van der Waals surface area contributed by atoms with Gasteiger partial charge in [-0.25, -0.2) is 4.79 Å². The van der Waals surface area contributed by atoms with Gasteiger partial charge in [-0.05, 0) is 60.3 Å². The Balaban J connectivity index is 1.69. The number of benzene rings is 2. The standard InChI is InChI=1S/C23H26N2O2S/c1-14-12-21(26)27-20-13-18(10-11-19(14)20)25-22(28)24-15(2)16-6-8-17(9-7-16)23(3,4)5/h6-13,15H,1-5H3,(H2,24,25,28)/t15-/m0/s1. The van der Waals surface area contributed by atoms with Gasteiger partial charge in [0.25, 0.3) is 0 Å². The molecule has 0 aliphatic rings. The van der Waals surface area contributed by atoms with Crippen molar-refractivity contribution >= 4 is 34.0 Å². The number of aryl methyl sites for hydroxylation is 1. The molecule has 0 aliphatic carbocycles. The van der Waals surface area contributed by atoms with E-state index < -0.39 is 0 Å². The van der Waals surface area contributed by atoms with Crippen LogP contribution in [0.25, 0.3) is 11.0 Å². The van der Waals surface area contributed by atoms with Crippen LogP contribution in [0.2, 0.25) is 0 Å². The summed E-state index contributed by atoms with van der Waals surface area (Å²) in [6.45, 7) is 10.6. The molecule has 0 amide bonds. The van der Waals surface area contributed by atoms with Gasteiger partial charge in [-0.15, -0.1) is 0 Å². The maximum Gasteiger partial charge on any atom is 0.336 e. The van der Waals surface area contributed by atoms with Gasteiger partial charge in [0.1, 0.15) is 5.58 Å². The van der Waals surface area contributed by atoms with E-state index in [1.165, 1.54) is 11.6 Å². The zero-order valence-electron chi connectivity index (χ0n) is 16.9. The molecule has 4 nitrogen and oxygen atoms in total. The van der Waals surface area contributed by atoms with Gasteiger partial charge in [0, 0.05) is 23.2 Å². The largest absolute Gasteiger partial charge is 0.423 e. The Morgan fingerprint density at radius 3 is 2.39 bits per heavy atom. The summed E-state index contributed by atoms with van der Waals surface area (Å²) in [6, 6.07) is 15.8. The minimum atomic E-state index is -0.352. The van der Waals surface area contributed by atoms with Crippen LogP contribution in [0.3, 0.4) is 0 Å². The number of hydrogen-bond acceptors (Lipinski definition) is 3. The maximum atomic E-state index is 11.6. The molecule has 0 radical (unpaired) electrons. The van der Waals surface area contributed by atoms with Crippen molar-refractivity contribution in [3.63, 3.8) is 0 Å². The number of rotatable bonds is 3. The minimum Gasteiger partial charge on any atom is -0.423 e. The molecule has 1 heterocycles. The van der Waals surface area contributed by atoms with Crippen LogP contribution in [0.5, 0.6) is 0 Å². The Labute approximate surface area is 171 Å². The molecule has 1 aromatic heterocycles. The molecule has 5 heteroatoms. The van der Waals surface area contributed by atoms with Crippen molar-refractivity contribution in [3.8, 4) is 0 Å². The molecule has 2 N–H and O–H groups in total. The van der Waals surface area contributed by atoms with E-state index in [-0.39, 0.29) is 17.1 Å². The number of fused-ring (bicyclic) bond motifs is 1. The highest BCUT2D eigenvalue weighted by Gasteiger charge is 2.14. The lowest BCUT2D eigenvalue weighted by atomic mass is 9.86. The first kappa shape index (κ1) is 20.1. The smallest absolute Gasteiger partial charge is 0.336 e. The third-order valence-corrected chi connectivity index (χ3v) is 5.05. The first-order valence-corrected chi connectivity index (χ1v) is 9.77. The molecule has 0 aliphatic heterocycles. The molecular weight excluding hydrogens is 368 g/mol. The third kappa shape index (κ3) is 4.60. The summed E-state index contributed by atoms with van der Waals surface area (Å²) in [5, 5.41) is 7.90. The second-order valence-corrected chi connectivity index (χ2v) is 8.56. The Kier molecular flexibility index (Phi) is 5.57. The van der Waals surface area contributed by atoms with Crippen molar-refractivity contribution in [1.29, 1.82) is 0 Å². The molecule has 0 spiro atoms. The summed E-state index contributed by atoms with van der Waals surface area (Å²) < 4.78 is 5.29. The average molecular weight is 395 g/mol. The van der Waals surface area contributed by atoms with Gasteiger partial charge in [0.15, 0.2) is 5.11 Å². The Morgan fingerprint density at radius 2 is 1.75 bits per heavy atom. The first-order valence-electron chi connectivity index (χ1n) is 9.36. The lowest BCUT2D eigenvalue weighted by Crippen LogP contribution is -2.30. The average Bonchev–Trinajstić information content (AvgIpc) is 2.60. The fourth-order valence-electron chi connectivity index (χ4n) is 3.12. The van der Waals surface area contributed by atoms with Crippen LogP contribution in [-0.2, 0) is 5.41 Å². The second kappa shape index (κ2) is 7.76. The fourth-order valence-corrected chi connectivity index (χ4v) is 3.42. The second-order valence-electron chi connectivity index (χ2n) is 8.15. The highest BCUT2D eigenvalue weighted by molar-refractivity contribution is 7.80. The zero-order valence-corrected chi connectivity index (χ0v) is 17.7. The number of thiocarbonyl (C=S) groups is 1. The van der Waals surface area contributed by atoms with Gasteiger partial charge in [-0.1, -0.05) is 45.0 Å². The predicted molar refractivity (Wildman–Crippen MR) is 120 cm³/mol. The molecule has 28 heavy (non-hydrogen) atoms. The van der Waals surface area contributed by atoms with Gasteiger partial charge in [0.05, 0.1) is 6.04 Å². The summed E-state index contributed by atoms with van der Waals surface area (Å²) in [5.74, 6) is 0. The van der Waals surface area contributed by atoms with Gasteiger partial charge in [-0.2, -0.15) is 0 Å². The summed E-state index contributed by atoms with van der Waals surface area (Å²) in [7, 11) is 0. The molecule has 0 saturated carbocycles. The zero-order chi connectivity index (χ0) is 20.5. The van der Waals surface area contributed by atoms with Crippen LogP contribution in [0, 0.1) is 6.92 Å². The van der Waals surface area contributed by atoms with Crippen LogP contribution < -0.4 is 16.3 Å². The number of anilines is 1. The van der Waals surface area contributed by atoms with Crippen molar-refractivity contribution in [3.05, 3.63) is 75.6 Å². The highest BCUT2D eigenvalue weighted by atomic mass is 32.1. The summed E-state index contributed by atoms with van der Waals surface area (Å²) in [6.07, 6.45) is 0. The van der Waals surface area contributed by atoms with E-state index in [2.05, 4.69) is 62.6 Å². The molecule has 0 saturated heterocycles. The molecular formula is C23H26N2O2S. The SMILES string of the molecule is Cc1cc(=O)oc2cc(NC(=S)N[C@@H](C)c3ccc(C(C)(C)C)cc3)ccc12. The van der Waals surface area contributed by atoms with E-state index in [1.807, 2.05) is 19.1 Å². The minimum absolute atomic E-state index is 0.0645. The molecule has 2 aromatic carbocycles. The molecule has 0 fully saturated rings. The van der Waals surface area contributed by atoms with E-state index in [0.29, 0.717) is 10.7 Å². The van der Waals surface area contributed by atoms with E-state index in [0.717, 1.165) is 22.2 Å². The first-order chi connectivity index (χ1) is 13.1.